The predicted octanol–water partition coefficient (Wildman–Crippen LogP) is 1.91. The van der Waals surface area contributed by atoms with Crippen LogP contribution in [-0.4, -0.2) is 14.2 Å². The van der Waals surface area contributed by atoms with Crippen molar-refractivity contribution in [3.05, 3.63) is 23.5 Å². The number of benzene rings is 1. The number of halogens is 1. The molecule has 0 saturated heterocycles. The molecule has 74 valence electrons. The molecule has 0 N–H and O–H groups in total. The van der Waals surface area contributed by atoms with Gasteiger partial charge in [-0.3, -0.25) is 0 Å². The van der Waals surface area contributed by atoms with Crippen molar-refractivity contribution in [3.8, 4) is 17.6 Å². The fraction of sp³-hybridized carbons (Fsp3) is 0.300. The summed E-state index contributed by atoms with van der Waals surface area (Å²) in [6.45, 7) is 0. The van der Waals surface area contributed by atoms with E-state index in [9.17, 15) is 4.39 Å². The Morgan fingerprint density at radius 2 is 2.07 bits per heavy atom. The van der Waals surface area contributed by atoms with Gasteiger partial charge in [0.15, 0.2) is 11.6 Å². The van der Waals surface area contributed by atoms with Crippen molar-refractivity contribution < 1.29 is 13.9 Å². The van der Waals surface area contributed by atoms with Crippen LogP contribution in [0.15, 0.2) is 12.1 Å². The number of rotatable bonds is 3. The van der Waals surface area contributed by atoms with Gasteiger partial charge >= 0.3 is 0 Å². The number of nitrogens with zero attached hydrogens (tertiary/aromatic N) is 1. The van der Waals surface area contributed by atoms with Crippen LogP contribution >= 0.6 is 0 Å². The average Bonchev–Trinajstić information content (AvgIpc) is 2.21. The Bertz CT molecular complexity index is 371. The normalized spacial score (nSPS) is 9.29. The van der Waals surface area contributed by atoms with Crippen LogP contribution in [0.4, 0.5) is 4.39 Å². The molecule has 0 spiro atoms. The molecule has 14 heavy (non-hydrogen) atoms. The van der Waals surface area contributed by atoms with E-state index in [0.717, 1.165) is 0 Å². The van der Waals surface area contributed by atoms with Crippen LogP contribution in [0.1, 0.15) is 5.56 Å². The molecule has 0 bridgehead atoms. The Morgan fingerprint density at radius 1 is 1.36 bits per heavy atom. The molecule has 0 heterocycles. The van der Waals surface area contributed by atoms with Crippen molar-refractivity contribution in [3.63, 3.8) is 0 Å². The van der Waals surface area contributed by atoms with Gasteiger partial charge in [-0.2, -0.15) is 5.26 Å². The largest absolute Gasteiger partial charge is 0.497 e. The van der Waals surface area contributed by atoms with E-state index in [1.54, 1.807) is 0 Å². The van der Waals surface area contributed by atoms with Crippen molar-refractivity contribution in [1.29, 1.82) is 5.26 Å². The summed E-state index contributed by atoms with van der Waals surface area (Å²) in [5.41, 5.74) is 0.281. The van der Waals surface area contributed by atoms with E-state index in [4.69, 9.17) is 14.7 Å². The molecule has 3 nitrogen and oxygen atoms in total. The maximum atomic E-state index is 13.4. The van der Waals surface area contributed by atoms with Crippen molar-refractivity contribution in [2.24, 2.45) is 0 Å². The van der Waals surface area contributed by atoms with Crippen LogP contribution in [0.2, 0.25) is 0 Å². The fourth-order valence-electron chi connectivity index (χ4n) is 1.11. The highest BCUT2D eigenvalue weighted by atomic mass is 19.1. The van der Waals surface area contributed by atoms with Crippen molar-refractivity contribution in [2.45, 2.75) is 6.42 Å². The summed E-state index contributed by atoms with van der Waals surface area (Å²) in [4.78, 5) is 0. The molecule has 0 aliphatic carbocycles. The second kappa shape index (κ2) is 4.47. The highest BCUT2D eigenvalue weighted by Crippen LogP contribution is 2.27. The molecule has 0 fully saturated rings. The number of ether oxygens (including phenoxy) is 2. The quantitative estimate of drug-likeness (QED) is 0.739. The lowest BCUT2D eigenvalue weighted by atomic mass is 10.1. The molecular weight excluding hydrogens is 185 g/mol. The van der Waals surface area contributed by atoms with Crippen LogP contribution in [-0.2, 0) is 6.42 Å². The summed E-state index contributed by atoms with van der Waals surface area (Å²) in [5, 5.41) is 8.47. The molecule has 0 radical (unpaired) electrons. The highest BCUT2D eigenvalue weighted by Gasteiger charge is 2.11. The van der Waals surface area contributed by atoms with Crippen LogP contribution < -0.4 is 9.47 Å². The molecule has 1 aromatic carbocycles. The zero-order valence-electron chi connectivity index (χ0n) is 8.00. The molecule has 0 aliphatic heterocycles. The van der Waals surface area contributed by atoms with E-state index in [-0.39, 0.29) is 17.7 Å². The van der Waals surface area contributed by atoms with Gasteiger partial charge in [0, 0.05) is 11.6 Å². The van der Waals surface area contributed by atoms with Crippen molar-refractivity contribution >= 4 is 0 Å². The van der Waals surface area contributed by atoms with Crippen LogP contribution in [0.25, 0.3) is 0 Å². The lowest BCUT2D eigenvalue weighted by Gasteiger charge is -2.08. The maximum absolute atomic E-state index is 13.4. The minimum atomic E-state index is -0.505. The van der Waals surface area contributed by atoms with Crippen LogP contribution in [0.3, 0.4) is 0 Å². The van der Waals surface area contributed by atoms with E-state index in [0.29, 0.717) is 5.75 Å². The zero-order valence-corrected chi connectivity index (χ0v) is 8.00. The predicted molar refractivity (Wildman–Crippen MR) is 48.8 cm³/mol. The smallest absolute Gasteiger partial charge is 0.169 e. The van der Waals surface area contributed by atoms with Gasteiger partial charge in [-0.25, -0.2) is 4.39 Å². The molecule has 0 saturated carbocycles. The van der Waals surface area contributed by atoms with Gasteiger partial charge in [0.1, 0.15) is 5.75 Å². The van der Waals surface area contributed by atoms with E-state index >= 15 is 0 Å². The van der Waals surface area contributed by atoms with Gasteiger partial charge < -0.3 is 9.47 Å². The van der Waals surface area contributed by atoms with Crippen LogP contribution in [0.5, 0.6) is 11.5 Å². The molecule has 0 unspecified atom stereocenters. The number of methoxy groups -OCH3 is 2. The van der Waals surface area contributed by atoms with Crippen molar-refractivity contribution in [1.82, 2.24) is 0 Å². The minimum absolute atomic E-state index is 0.000602. The lowest BCUT2D eigenvalue weighted by molar-refractivity contribution is 0.372. The lowest BCUT2D eigenvalue weighted by Crippen LogP contribution is -1.96. The van der Waals surface area contributed by atoms with Crippen molar-refractivity contribution in [2.75, 3.05) is 14.2 Å². The number of hydrogen-bond donors (Lipinski definition) is 0. The third-order valence-electron chi connectivity index (χ3n) is 1.81. The molecule has 4 heteroatoms. The monoisotopic (exact) mass is 195 g/mol. The summed E-state index contributed by atoms with van der Waals surface area (Å²) >= 11 is 0. The molecule has 0 amide bonds. The van der Waals surface area contributed by atoms with Gasteiger partial charge in [0.05, 0.1) is 26.7 Å². The van der Waals surface area contributed by atoms with Gasteiger partial charge in [-0.15, -0.1) is 0 Å². The molecule has 0 aliphatic rings. The first kappa shape index (κ1) is 10.3. The molecular formula is C10H10FNO2. The Balaban J connectivity index is 3.21. The van der Waals surface area contributed by atoms with E-state index < -0.39 is 5.82 Å². The summed E-state index contributed by atoms with van der Waals surface area (Å²) < 4.78 is 23.2. The second-order valence-electron chi connectivity index (χ2n) is 2.64. The summed E-state index contributed by atoms with van der Waals surface area (Å²) in [6.07, 6.45) is -0.000602. The first-order valence-electron chi connectivity index (χ1n) is 4.00. The minimum Gasteiger partial charge on any atom is -0.497 e. The topological polar surface area (TPSA) is 42.2 Å². The average molecular weight is 195 g/mol. The van der Waals surface area contributed by atoms with Gasteiger partial charge in [0.25, 0.3) is 0 Å². The van der Waals surface area contributed by atoms with Gasteiger partial charge in [-0.05, 0) is 6.07 Å². The standard InChI is InChI=1S/C10H10FNO2/c1-13-8-5-7(3-4-12)10(11)9(6-8)14-2/h5-6H,3H2,1-2H3. The van der Waals surface area contributed by atoms with Gasteiger partial charge in [0.2, 0.25) is 0 Å². The molecule has 1 aromatic rings. The molecule has 0 aromatic heterocycles. The Morgan fingerprint density at radius 3 is 2.57 bits per heavy atom. The number of hydrogen-bond acceptors (Lipinski definition) is 3. The van der Waals surface area contributed by atoms with Gasteiger partial charge in [-0.1, -0.05) is 0 Å². The van der Waals surface area contributed by atoms with E-state index in [1.807, 2.05) is 6.07 Å². The first-order chi connectivity index (χ1) is 6.72. The van der Waals surface area contributed by atoms with Crippen LogP contribution in [0, 0.1) is 17.1 Å². The zero-order chi connectivity index (χ0) is 10.6. The molecule has 0 atom stereocenters. The summed E-state index contributed by atoms with van der Waals surface area (Å²) in [5.74, 6) is 0.0675. The summed E-state index contributed by atoms with van der Waals surface area (Å²) in [6, 6.07) is 4.80. The SMILES string of the molecule is COc1cc(CC#N)c(F)c(OC)c1. The fourth-order valence-corrected chi connectivity index (χ4v) is 1.11. The Kier molecular flexibility index (Phi) is 3.29. The summed E-state index contributed by atoms with van der Waals surface area (Å²) in [7, 11) is 2.84. The third-order valence-corrected chi connectivity index (χ3v) is 1.81. The Hall–Kier alpha value is -1.76. The second-order valence-corrected chi connectivity index (χ2v) is 2.64. The Labute approximate surface area is 81.7 Å². The first-order valence-corrected chi connectivity index (χ1v) is 4.00. The number of nitriles is 1. The third kappa shape index (κ3) is 1.94. The molecule has 1 rings (SSSR count). The highest BCUT2D eigenvalue weighted by molar-refractivity contribution is 5.41. The van der Waals surface area contributed by atoms with E-state index in [1.165, 1.54) is 26.4 Å². The maximum Gasteiger partial charge on any atom is 0.169 e. The van der Waals surface area contributed by atoms with E-state index in [2.05, 4.69) is 0 Å².